The third-order valence-electron chi connectivity index (χ3n) is 2.34. The van der Waals surface area contributed by atoms with Crippen LogP contribution in [0.2, 0.25) is 0 Å². The molecule has 0 saturated carbocycles. The molecule has 0 aliphatic rings. The van der Waals surface area contributed by atoms with Crippen molar-refractivity contribution in [1.29, 1.82) is 0 Å². The highest BCUT2D eigenvalue weighted by Gasteiger charge is 2.58. The van der Waals surface area contributed by atoms with E-state index in [9.17, 15) is 26.3 Å². The number of hydrogen-bond acceptors (Lipinski definition) is 1. The summed E-state index contributed by atoms with van der Waals surface area (Å²) >= 11 is 0. The molecule has 1 rings (SSSR count). The van der Waals surface area contributed by atoms with Gasteiger partial charge in [0.1, 0.15) is 5.82 Å². The molecule has 0 atom stereocenters. The average Bonchev–Trinajstić information content (AvgIpc) is 2.25. The van der Waals surface area contributed by atoms with Gasteiger partial charge in [-0.25, -0.2) is 4.39 Å². The monoisotopic (exact) mass is 271 g/mol. The Labute approximate surface area is 99.8 Å². The molecule has 0 spiro atoms. The Bertz CT molecular complexity index is 412. The van der Waals surface area contributed by atoms with E-state index < -0.39 is 23.5 Å². The molecule has 18 heavy (non-hydrogen) atoms. The summed E-state index contributed by atoms with van der Waals surface area (Å²) in [7, 11) is 0. The van der Waals surface area contributed by atoms with E-state index >= 15 is 0 Å². The van der Waals surface area contributed by atoms with Crippen LogP contribution in [0.15, 0.2) is 18.2 Å². The van der Waals surface area contributed by atoms with Crippen LogP contribution in [-0.2, 0) is 12.5 Å². The van der Waals surface area contributed by atoms with Crippen LogP contribution in [0, 0.1) is 5.82 Å². The van der Waals surface area contributed by atoms with Gasteiger partial charge in [-0.05, 0) is 12.6 Å². The molecule has 0 amide bonds. The van der Waals surface area contributed by atoms with E-state index in [4.69, 9.17) is 0 Å². The maximum absolute atomic E-state index is 13.4. The summed E-state index contributed by atoms with van der Waals surface area (Å²) in [5.41, 5.74) is -1.36. The van der Waals surface area contributed by atoms with Gasteiger partial charge in [-0.1, -0.05) is 19.1 Å². The van der Waals surface area contributed by atoms with Crippen LogP contribution in [0.25, 0.3) is 0 Å². The molecule has 1 nitrogen and oxygen atoms in total. The molecule has 0 aliphatic carbocycles. The Morgan fingerprint density at radius 1 is 1.11 bits per heavy atom. The molecular weight excluding hydrogens is 260 g/mol. The van der Waals surface area contributed by atoms with E-state index in [0.29, 0.717) is 12.6 Å². The van der Waals surface area contributed by atoms with Crippen molar-refractivity contribution >= 4 is 0 Å². The largest absolute Gasteiger partial charge is 0.458 e. The van der Waals surface area contributed by atoms with Gasteiger partial charge < -0.3 is 5.32 Å². The Balaban J connectivity index is 3.04. The number of hydrogen-bond donors (Lipinski definition) is 1. The van der Waals surface area contributed by atoms with Crippen LogP contribution in [0.4, 0.5) is 26.3 Å². The predicted octanol–water partition coefficient (Wildman–Crippen LogP) is 3.59. The van der Waals surface area contributed by atoms with Gasteiger partial charge >= 0.3 is 12.1 Å². The van der Waals surface area contributed by atoms with Gasteiger partial charge in [0, 0.05) is 17.7 Å². The molecular formula is C11H11F6N. The molecule has 0 aromatic heterocycles. The smallest absolute Gasteiger partial charge is 0.313 e. The van der Waals surface area contributed by atoms with Gasteiger partial charge in [-0.3, -0.25) is 0 Å². The molecule has 1 aromatic rings. The van der Waals surface area contributed by atoms with Gasteiger partial charge in [0.15, 0.2) is 0 Å². The maximum atomic E-state index is 13.4. The van der Waals surface area contributed by atoms with Crippen molar-refractivity contribution in [2.45, 2.75) is 25.6 Å². The highest BCUT2D eigenvalue weighted by atomic mass is 19.4. The average molecular weight is 271 g/mol. The molecule has 1 N–H and O–H groups in total. The Hall–Kier alpha value is -1.24. The first-order chi connectivity index (χ1) is 8.20. The lowest BCUT2D eigenvalue weighted by molar-refractivity contribution is -0.289. The number of alkyl halides is 5. The van der Waals surface area contributed by atoms with Crippen molar-refractivity contribution in [2.75, 3.05) is 6.54 Å². The summed E-state index contributed by atoms with van der Waals surface area (Å²) in [6, 6.07) is 1.73. The van der Waals surface area contributed by atoms with Crippen LogP contribution in [-0.4, -0.2) is 12.7 Å². The van der Waals surface area contributed by atoms with Gasteiger partial charge in [-0.15, -0.1) is 0 Å². The number of halogens is 6. The molecule has 1 aromatic carbocycles. The lowest BCUT2D eigenvalue weighted by Gasteiger charge is -2.20. The zero-order valence-corrected chi connectivity index (χ0v) is 9.41. The molecule has 0 radical (unpaired) electrons. The molecule has 0 saturated heterocycles. The Morgan fingerprint density at radius 2 is 1.72 bits per heavy atom. The predicted molar refractivity (Wildman–Crippen MR) is 53.7 cm³/mol. The van der Waals surface area contributed by atoms with Gasteiger partial charge in [0.2, 0.25) is 0 Å². The van der Waals surface area contributed by atoms with Crippen molar-refractivity contribution in [3.63, 3.8) is 0 Å². The first-order valence-electron chi connectivity index (χ1n) is 5.14. The van der Waals surface area contributed by atoms with E-state index in [1.54, 1.807) is 6.92 Å². The minimum absolute atomic E-state index is 0.0403. The van der Waals surface area contributed by atoms with Gasteiger partial charge in [-0.2, -0.15) is 22.0 Å². The third kappa shape index (κ3) is 2.95. The van der Waals surface area contributed by atoms with Gasteiger partial charge in [0.05, 0.1) is 0 Å². The van der Waals surface area contributed by atoms with Gasteiger partial charge in [0.25, 0.3) is 0 Å². The molecule has 7 heteroatoms. The van der Waals surface area contributed by atoms with Crippen molar-refractivity contribution in [2.24, 2.45) is 0 Å². The second-order valence-electron chi connectivity index (χ2n) is 3.66. The van der Waals surface area contributed by atoms with Crippen molar-refractivity contribution < 1.29 is 26.3 Å². The highest BCUT2D eigenvalue weighted by Crippen LogP contribution is 2.43. The fourth-order valence-corrected chi connectivity index (χ4v) is 1.31. The van der Waals surface area contributed by atoms with Crippen LogP contribution in [0.5, 0.6) is 0 Å². The van der Waals surface area contributed by atoms with E-state index in [1.807, 2.05) is 0 Å². The second-order valence-corrected chi connectivity index (χ2v) is 3.66. The summed E-state index contributed by atoms with van der Waals surface area (Å²) in [6.07, 6.45) is -5.73. The van der Waals surface area contributed by atoms with E-state index in [1.165, 1.54) is 0 Å². The van der Waals surface area contributed by atoms with E-state index in [0.717, 1.165) is 6.07 Å². The summed E-state index contributed by atoms with van der Waals surface area (Å²) in [5.74, 6) is -6.14. The maximum Gasteiger partial charge on any atom is 0.458 e. The quantitative estimate of drug-likeness (QED) is 0.825. The number of rotatable bonds is 4. The fourth-order valence-electron chi connectivity index (χ4n) is 1.31. The van der Waals surface area contributed by atoms with Crippen molar-refractivity contribution in [3.8, 4) is 0 Å². The topological polar surface area (TPSA) is 12.0 Å². The normalized spacial score (nSPS) is 12.8. The molecule has 0 unspecified atom stereocenters. The summed E-state index contributed by atoms with van der Waals surface area (Å²) in [5, 5.41) is 2.74. The van der Waals surface area contributed by atoms with Crippen molar-refractivity contribution in [1.82, 2.24) is 5.32 Å². The van der Waals surface area contributed by atoms with Crippen LogP contribution in [0.1, 0.15) is 18.1 Å². The van der Waals surface area contributed by atoms with E-state index in [2.05, 4.69) is 5.32 Å². The first-order valence-corrected chi connectivity index (χ1v) is 5.14. The lowest BCUT2D eigenvalue weighted by Crippen LogP contribution is -2.33. The minimum atomic E-state index is -5.73. The summed E-state index contributed by atoms with van der Waals surface area (Å²) < 4.78 is 75.4. The highest BCUT2D eigenvalue weighted by molar-refractivity contribution is 5.28. The SMILES string of the molecule is CCNCc1ccc(C(F)(F)C(F)(F)F)cc1F. The molecule has 0 bridgehead atoms. The lowest BCUT2D eigenvalue weighted by atomic mass is 10.0. The second kappa shape index (κ2) is 5.17. The van der Waals surface area contributed by atoms with Crippen LogP contribution < -0.4 is 5.32 Å². The minimum Gasteiger partial charge on any atom is -0.313 e. The van der Waals surface area contributed by atoms with Crippen LogP contribution >= 0.6 is 0 Å². The summed E-state index contributed by atoms with van der Waals surface area (Å²) in [6.45, 7) is 2.35. The Morgan fingerprint density at radius 3 is 2.17 bits per heavy atom. The number of nitrogens with one attached hydrogen (secondary N) is 1. The fraction of sp³-hybridized carbons (Fsp3) is 0.455. The molecule has 0 fully saturated rings. The first kappa shape index (κ1) is 14.8. The zero-order valence-electron chi connectivity index (χ0n) is 9.41. The van der Waals surface area contributed by atoms with E-state index in [-0.39, 0.29) is 18.2 Å². The molecule has 102 valence electrons. The zero-order chi connectivity index (χ0) is 14.0. The molecule has 0 aliphatic heterocycles. The number of benzene rings is 1. The third-order valence-corrected chi connectivity index (χ3v) is 2.34. The standard InChI is InChI=1S/C11H11F6N/c1-2-18-6-7-3-4-8(5-9(7)12)10(13,14)11(15,16)17/h3-5,18H,2,6H2,1H3. The summed E-state index contributed by atoms with van der Waals surface area (Å²) in [4.78, 5) is 0. The Kier molecular flexibility index (Phi) is 4.26. The van der Waals surface area contributed by atoms with Crippen molar-refractivity contribution in [3.05, 3.63) is 35.1 Å². The van der Waals surface area contributed by atoms with Crippen LogP contribution in [0.3, 0.4) is 0 Å². The molecule has 0 heterocycles.